The van der Waals surface area contributed by atoms with Gasteiger partial charge in [-0.3, -0.25) is 9.59 Å². The number of hydrogen-bond acceptors (Lipinski definition) is 5. The predicted molar refractivity (Wildman–Crippen MR) is 96.9 cm³/mol. The Morgan fingerprint density at radius 1 is 1.38 bits per heavy atom. The van der Waals surface area contributed by atoms with Crippen LogP contribution in [0.1, 0.15) is 28.6 Å². The summed E-state index contributed by atoms with van der Waals surface area (Å²) in [5.74, 6) is 1.37. The Balaban J connectivity index is 1.62. The van der Waals surface area contributed by atoms with E-state index < -0.39 is 0 Å². The van der Waals surface area contributed by atoms with E-state index in [4.69, 9.17) is 11.6 Å². The maximum absolute atomic E-state index is 12.7. The molecule has 3 heterocycles. The van der Waals surface area contributed by atoms with Gasteiger partial charge in [-0.2, -0.15) is 0 Å². The average Bonchev–Trinajstić information content (AvgIpc) is 3.23. The monoisotopic (exact) mass is 373 g/mol. The highest BCUT2D eigenvalue weighted by Gasteiger charge is 2.29. The molecular formula is C18H20ClN5O2. The molecule has 136 valence electrons. The Bertz CT molecular complexity index is 831. The quantitative estimate of drug-likeness (QED) is 0.722. The van der Waals surface area contributed by atoms with Gasteiger partial charge in [-0.1, -0.05) is 18.2 Å². The van der Waals surface area contributed by atoms with Crippen molar-refractivity contribution in [2.45, 2.75) is 19.3 Å². The van der Waals surface area contributed by atoms with Gasteiger partial charge in [-0.15, -0.1) is 0 Å². The van der Waals surface area contributed by atoms with Gasteiger partial charge in [-0.05, 0) is 18.4 Å². The molecule has 0 unspecified atom stereocenters. The van der Waals surface area contributed by atoms with Crippen LogP contribution in [0.5, 0.6) is 0 Å². The van der Waals surface area contributed by atoms with Gasteiger partial charge in [0.2, 0.25) is 0 Å². The largest absolute Gasteiger partial charge is 0.337 e. The molecule has 2 aromatic heterocycles. The van der Waals surface area contributed by atoms with Gasteiger partial charge in [0.25, 0.3) is 5.91 Å². The Labute approximate surface area is 156 Å². The van der Waals surface area contributed by atoms with Crippen LogP contribution in [0.25, 0.3) is 0 Å². The van der Waals surface area contributed by atoms with E-state index in [0.717, 1.165) is 12.2 Å². The van der Waals surface area contributed by atoms with Crippen LogP contribution in [0, 0.1) is 5.92 Å². The van der Waals surface area contributed by atoms with Crippen molar-refractivity contribution in [1.29, 1.82) is 0 Å². The summed E-state index contributed by atoms with van der Waals surface area (Å²) in [7, 11) is 1.78. The fourth-order valence-corrected chi connectivity index (χ4v) is 3.15. The number of nitrogens with zero attached hydrogens (tertiary/aromatic N) is 5. The van der Waals surface area contributed by atoms with Gasteiger partial charge in [-0.25, -0.2) is 15.0 Å². The summed E-state index contributed by atoms with van der Waals surface area (Å²) in [6.07, 6.45) is 7.85. The second-order valence-corrected chi connectivity index (χ2v) is 6.86. The predicted octanol–water partition coefficient (Wildman–Crippen LogP) is 1.87. The molecule has 1 fully saturated rings. The zero-order valence-electron chi connectivity index (χ0n) is 14.6. The maximum Gasteiger partial charge on any atom is 0.274 e. The molecule has 1 aliphatic rings. The molecule has 1 amide bonds. The number of likely N-dealkylation sites (tertiary alicyclic amines) is 1. The van der Waals surface area contributed by atoms with Crippen molar-refractivity contribution in [1.82, 2.24) is 24.4 Å². The summed E-state index contributed by atoms with van der Waals surface area (Å²) in [5, 5.41) is 0.512. The molecule has 2 aromatic rings. The molecular weight excluding hydrogens is 354 g/mol. The maximum atomic E-state index is 12.7. The number of rotatable bonds is 6. The summed E-state index contributed by atoms with van der Waals surface area (Å²) in [6, 6.07) is 0. The minimum absolute atomic E-state index is 0.113. The third kappa shape index (κ3) is 4.16. The summed E-state index contributed by atoms with van der Waals surface area (Å²) in [5.41, 5.74) is 0.364. The van der Waals surface area contributed by atoms with Crippen molar-refractivity contribution in [3.63, 3.8) is 0 Å². The van der Waals surface area contributed by atoms with Crippen LogP contribution < -0.4 is 0 Å². The summed E-state index contributed by atoms with van der Waals surface area (Å²) in [6.45, 7) is 4.78. The smallest absolute Gasteiger partial charge is 0.274 e. The first-order chi connectivity index (χ1) is 12.5. The van der Waals surface area contributed by atoms with Crippen LogP contribution >= 0.6 is 11.6 Å². The molecule has 0 saturated carbocycles. The SMILES string of the molecule is C=CC(=O)Cc1nc(C(=O)N2CC[C@@H](Cc3ncc(Cl)cn3)C2)cn1C. The highest BCUT2D eigenvalue weighted by Crippen LogP contribution is 2.21. The third-order valence-electron chi connectivity index (χ3n) is 4.47. The molecule has 7 nitrogen and oxygen atoms in total. The van der Waals surface area contributed by atoms with Gasteiger partial charge >= 0.3 is 0 Å². The third-order valence-corrected chi connectivity index (χ3v) is 4.67. The number of halogens is 1. The Morgan fingerprint density at radius 2 is 2.12 bits per heavy atom. The Kier molecular flexibility index (Phi) is 5.46. The second kappa shape index (κ2) is 7.78. The van der Waals surface area contributed by atoms with Crippen LogP contribution in [0.2, 0.25) is 5.02 Å². The fraction of sp³-hybridized carbons (Fsp3) is 0.389. The lowest BCUT2D eigenvalue weighted by atomic mass is 10.0. The zero-order chi connectivity index (χ0) is 18.7. The lowest BCUT2D eigenvalue weighted by molar-refractivity contribution is -0.114. The van der Waals surface area contributed by atoms with Crippen LogP contribution in [0.4, 0.5) is 0 Å². The standard InChI is InChI=1S/C18H20ClN5O2/c1-3-14(25)7-17-22-15(11-23(17)2)18(26)24-5-4-12(10-24)6-16-20-8-13(19)9-21-16/h3,8-9,11-12H,1,4-7,10H2,2H3/t12-/m0/s1. The van der Waals surface area contributed by atoms with Crippen LogP contribution in [-0.2, 0) is 24.7 Å². The number of carbonyl (C=O) groups excluding carboxylic acids is 2. The number of allylic oxidation sites excluding steroid dienone is 1. The molecule has 0 spiro atoms. The molecule has 1 saturated heterocycles. The fourth-order valence-electron chi connectivity index (χ4n) is 3.05. The van der Waals surface area contributed by atoms with Crippen LogP contribution in [0.15, 0.2) is 31.2 Å². The second-order valence-electron chi connectivity index (χ2n) is 6.43. The first-order valence-corrected chi connectivity index (χ1v) is 8.77. The normalized spacial score (nSPS) is 16.7. The molecule has 3 rings (SSSR count). The number of amides is 1. The van der Waals surface area contributed by atoms with E-state index in [1.807, 2.05) is 0 Å². The first-order valence-electron chi connectivity index (χ1n) is 8.39. The number of carbonyl (C=O) groups is 2. The zero-order valence-corrected chi connectivity index (χ0v) is 15.3. The molecule has 0 bridgehead atoms. The van der Waals surface area contributed by atoms with E-state index in [9.17, 15) is 9.59 Å². The number of aryl methyl sites for hydroxylation is 1. The average molecular weight is 374 g/mol. The molecule has 1 atom stereocenters. The number of hydrogen-bond donors (Lipinski definition) is 0. The van der Waals surface area contributed by atoms with Crippen molar-refractivity contribution in [3.8, 4) is 0 Å². The van der Waals surface area contributed by atoms with Crippen LogP contribution in [-0.4, -0.2) is 49.2 Å². The number of aromatic nitrogens is 4. The van der Waals surface area contributed by atoms with Crippen molar-refractivity contribution in [3.05, 3.63) is 53.6 Å². The molecule has 1 aliphatic heterocycles. The lowest BCUT2D eigenvalue weighted by Gasteiger charge is -2.14. The van der Waals surface area contributed by atoms with Crippen molar-refractivity contribution in [2.75, 3.05) is 13.1 Å². The van der Waals surface area contributed by atoms with E-state index in [0.29, 0.717) is 42.0 Å². The van der Waals surface area contributed by atoms with E-state index in [1.165, 1.54) is 6.08 Å². The van der Waals surface area contributed by atoms with Crippen LogP contribution in [0.3, 0.4) is 0 Å². The lowest BCUT2D eigenvalue weighted by Crippen LogP contribution is -2.29. The van der Waals surface area contributed by atoms with Crippen molar-refractivity contribution >= 4 is 23.3 Å². The molecule has 0 N–H and O–H groups in total. The van der Waals surface area contributed by atoms with Crippen molar-refractivity contribution < 1.29 is 9.59 Å². The number of ketones is 1. The van der Waals surface area contributed by atoms with Gasteiger partial charge in [0.1, 0.15) is 17.3 Å². The van der Waals surface area contributed by atoms with E-state index in [2.05, 4.69) is 21.5 Å². The Morgan fingerprint density at radius 3 is 2.81 bits per heavy atom. The van der Waals surface area contributed by atoms with Gasteiger partial charge in [0, 0.05) is 45.1 Å². The minimum Gasteiger partial charge on any atom is -0.337 e. The van der Waals surface area contributed by atoms with E-state index >= 15 is 0 Å². The first kappa shape index (κ1) is 18.3. The molecule has 0 aliphatic carbocycles. The van der Waals surface area contributed by atoms with E-state index in [1.54, 1.807) is 35.1 Å². The summed E-state index contributed by atoms with van der Waals surface area (Å²) < 4.78 is 1.71. The molecule has 0 aromatic carbocycles. The topological polar surface area (TPSA) is 81.0 Å². The van der Waals surface area contributed by atoms with E-state index in [-0.39, 0.29) is 18.1 Å². The molecule has 8 heteroatoms. The minimum atomic E-state index is -0.123. The highest BCUT2D eigenvalue weighted by molar-refractivity contribution is 6.30. The molecule has 26 heavy (non-hydrogen) atoms. The summed E-state index contributed by atoms with van der Waals surface area (Å²) >= 11 is 5.80. The molecule has 0 radical (unpaired) electrons. The van der Waals surface area contributed by atoms with Gasteiger partial charge < -0.3 is 9.47 Å². The van der Waals surface area contributed by atoms with Crippen molar-refractivity contribution in [2.24, 2.45) is 13.0 Å². The Hall–Kier alpha value is -2.54. The highest BCUT2D eigenvalue weighted by atomic mass is 35.5. The number of imidazole rings is 1. The summed E-state index contributed by atoms with van der Waals surface area (Å²) in [4.78, 5) is 38.8. The van der Waals surface area contributed by atoms with Gasteiger partial charge in [0.15, 0.2) is 5.78 Å². The van der Waals surface area contributed by atoms with Gasteiger partial charge in [0.05, 0.1) is 11.4 Å².